The SMILES string of the molecule is COCCCN(C)c1n[nH]c(=S)n1C1CCCC1. The van der Waals surface area contributed by atoms with E-state index in [1.165, 1.54) is 25.7 Å². The molecule has 0 unspecified atom stereocenters. The minimum absolute atomic E-state index is 0.524. The van der Waals surface area contributed by atoms with Crippen LogP contribution in [0.4, 0.5) is 5.95 Å². The molecule has 0 radical (unpaired) electrons. The number of nitrogens with one attached hydrogen (secondary N) is 1. The molecule has 1 aromatic heterocycles. The van der Waals surface area contributed by atoms with Gasteiger partial charge in [-0.3, -0.25) is 4.57 Å². The molecule has 2 rings (SSSR count). The summed E-state index contributed by atoms with van der Waals surface area (Å²) in [6.07, 6.45) is 6.02. The molecule has 0 atom stereocenters. The van der Waals surface area contributed by atoms with Crippen molar-refractivity contribution in [2.24, 2.45) is 0 Å². The van der Waals surface area contributed by atoms with E-state index >= 15 is 0 Å². The van der Waals surface area contributed by atoms with Crippen LogP contribution in [-0.2, 0) is 4.74 Å². The molecule has 0 spiro atoms. The predicted octanol–water partition coefficient (Wildman–Crippen LogP) is 2.53. The Morgan fingerprint density at radius 2 is 2.22 bits per heavy atom. The van der Waals surface area contributed by atoms with Crippen molar-refractivity contribution in [1.29, 1.82) is 0 Å². The Balaban J connectivity index is 2.09. The number of rotatable bonds is 6. The summed E-state index contributed by atoms with van der Waals surface area (Å²) < 4.78 is 8.02. The minimum atomic E-state index is 0.524. The lowest BCUT2D eigenvalue weighted by atomic mass is 10.2. The van der Waals surface area contributed by atoms with Gasteiger partial charge in [0, 0.05) is 33.4 Å². The van der Waals surface area contributed by atoms with Crippen LogP contribution in [0, 0.1) is 4.77 Å². The van der Waals surface area contributed by atoms with Gasteiger partial charge in [0.2, 0.25) is 5.95 Å². The van der Waals surface area contributed by atoms with E-state index < -0.39 is 0 Å². The normalized spacial score (nSPS) is 16.3. The van der Waals surface area contributed by atoms with Crippen molar-refractivity contribution in [2.75, 3.05) is 32.2 Å². The van der Waals surface area contributed by atoms with Crippen LogP contribution in [0.1, 0.15) is 38.1 Å². The molecule has 102 valence electrons. The van der Waals surface area contributed by atoms with Crippen molar-refractivity contribution in [3.63, 3.8) is 0 Å². The van der Waals surface area contributed by atoms with Gasteiger partial charge in [0.1, 0.15) is 0 Å². The number of anilines is 1. The molecule has 1 saturated carbocycles. The second-order valence-electron chi connectivity index (χ2n) is 4.90. The quantitative estimate of drug-likeness (QED) is 0.637. The highest BCUT2D eigenvalue weighted by Gasteiger charge is 2.22. The monoisotopic (exact) mass is 270 g/mol. The molecule has 0 bridgehead atoms. The summed E-state index contributed by atoms with van der Waals surface area (Å²) in [5.74, 6) is 0.961. The zero-order valence-corrected chi connectivity index (χ0v) is 12.0. The standard InChI is InChI=1S/C12H22N4OS/c1-15(8-5-9-17-2)11-13-14-12(18)16(11)10-6-3-4-7-10/h10H,3-9H2,1-2H3,(H,14,18). The third-order valence-corrected chi connectivity index (χ3v) is 3.85. The fraction of sp³-hybridized carbons (Fsp3) is 0.833. The van der Waals surface area contributed by atoms with Crippen LogP contribution < -0.4 is 4.90 Å². The van der Waals surface area contributed by atoms with Gasteiger partial charge >= 0.3 is 0 Å². The van der Waals surface area contributed by atoms with Crippen LogP contribution in [0.3, 0.4) is 0 Å². The first kappa shape index (κ1) is 13.5. The lowest BCUT2D eigenvalue weighted by Gasteiger charge is -2.21. The average Bonchev–Trinajstić information content (AvgIpc) is 2.97. The maximum Gasteiger partial charge on any atom is 0.225 e. The second-order valence-corrected chi connectivity index (χ2v) is 5.29. The summed E-state index contributed by atoms with van der Waals surface area (Å²) in [6.45, 7) is 1.71. The Morgan fingerprint density at radius 3 is 2.89 bits per heavy atom. The van der Waals surface area contributed by atoms with Gasteiger partial charge in [0.05, 0.1) is 0 Å². The molecule has 5 nitrogen and oxygen atoms in total. The van der Waals surface area contributed by atoms with E-state index in [4.69, 9.17) is 17.0 Å². The van der Waals surface area contributed by atoms with Gasteiger partial charge in [-0.2, -0.15) is 0 Å². The highest BCUT2D eigenvalue weighted by Crippen LogP contribution is 2.32. The molecule has 1 aromatic rings. The Labute approximate surface area is 113 Å². The van der Waals surface area contributed by atoms with Crippen molar-refractivity contribution in [3.8, 4) is 0 Å². The van der Waals surface area contributed by atoms with E-state index in [2.05, 4.69) is 26.7 Å². The molecule has 1 fully saturated rings. The van der Waals surface area contributed by atoms with Crippen molar-refractivity contribution >= 4 is 18.2 Å². The van der Waals surface area contributed by atoms with E-state index in [1.54, 1.807) is 7.11 Å². The van der Waals surface area contributed by atoms with Crippen molar-refractivity contribution in [1.82, 2.24) is 14.8 Å². The maximum absolute atomic E-state index is 5.36. The van der Waals surface area contributed by atoms with Gasteiger partial charge in [-0.15, -0.1) is 5.10 Å². The highest BCUT2D eigenvalue weighted by atomic mass is 32.1. The van der Waals surface area contributed by atoms with E-state index in [0.717, 1.165) is 30.3 Å². The Kier molecular flexibility index (Phi) is 4.77. The van der Waals surface area contributed by atoms with Crippen LogP contribution in [0.2, 0.25) is 0 Å². The second kappa shape index (κ2) is 6.33. The summed E-state index contributed by atoms with van der Waals surface area (Å²) in [4.78, 5) is 2.16. The summed E-state index contributed by atoms with van der Waals surface area (Å²) in [5, 5.41) is 7.30. The fourth-order valence-electron chi connectivity index (χ4n) is 2.60. The lowest BCUT2D eigenvalue weighted by Crippen LogP contribution is -2.24. The summed E-state index contributed by atoms with van der Waals surface area (Å²) in [6, 6.07) is 0.524. The third-order valence-electron chi connectivity index (χ3n) is 3.56. The maximum atomic E-state index is 5.36. The predicted molar refractivity (Wildman–Crippen MR) is 74.7 cm³/mol. The highest BCUT2D eigenvalue weighted by molar-refractivity contribution is 7.71. The number of aromatic amines is 1. The first-order valence-corrected chi connectivity index (χ1v) is 7.02. The topological polar surface area (TPSA) is 46.1 Å². The molecule has 18 heavy (non-hydrogen) atoms. The number of nitrogens with zero attached hydrogens (tertiary/aromatic N) is 3. The number of hydrogen-bond donors (Lipinski definition) is 1. The summed E-state index contributed by atoms with van der Waals surface area (Å²) in [5.41, 5.74) is 0. The first-order valence-electron chi connectivity index (χ1n) is 6.61. The molecule has 6 heteroatoms. The van der Waals surface area contributed by atoms with Gasteiger partial charge in [0.25, 0.3) is 0 Å². The summed E-state index contributed by atoms with van der Waals surface area (Å²) >= 11 is 5.36. The van der Waals surface area contributed by atoms with Crippen molar-refractivity contribution in [3.05, 3.63) is 4.77 Å². The molecular weight excluding hydrogens is 248 g/mol. The number of hydrogen-bond acceptors (Lipinski definition) is 4. The number of ether oxygens (including phenoxy) is 1. The minimum Gasteiger partial charge on any atom is -0.385 e. The fourth-order valence-corrected chi connectivity index (χ4v) is 2.88. The molecule has 0 aromatic carbocycles. The average molecular weight is 270 g/mol. The van der Waals surface area contributed by atoms with E-state index in [9.17, 15) is 0 Å². The Morgan fingerprint density at radius 1 is 1.50 bits per heavy atom. The molecule has 0 saturated heterocycles. The molecule has 1 N–H and O–H groups in total. The van der Waals surface area contributed by atoms with Crippen LogP contribution in [-0.4, -0.2) is 42.1 Å². The number of methoxy groups -OCH3 is 1. The zero-order chi connectivity index (χ0) is 13.0. The molecule has 1 heterocycles. The summed E-state index contributed by atoms with van der Waals surface area (Å²) in [7, 11) is 3.79. The number of aromatic nitrogens is 3. The van der Waals surface area contributed by atoms with E-state index in [1.807, 2.05) is 0 Å². The zero-order valence-electron chi connectivity index (χ0n) is 11.2. The molecular formula is C12H22N4OS. The van der Waals surface area contributed by atoms with Crippen molar-refractivity contribution in [2.45, 2.75) is 38.1 Å². The Bertz CT molecular complexity index is 422. The number of H-pyrrole nitrogens is 1. The van der Waals surface area contributed by atoms with Gasteiger partial charge < -0.3 is 9.64 Å². The molecule has 1 aliphatic carbocycles. The third kappa shape index (κ3) is 2.92. The largest absolute Gasteiger partial charge is 0.385 e. The Hall–Kier alpha value is -0.880. The van der Waals surface area contributed by atoms with Gasteiger partial charge in [0.15, 0.2) is 4.77 Å². The molecule has 0 amide bonds. The van der Waals surface area contributed by atoms with Crippen molar-refractivity contribution < 1.29 is 4.74 Å². The van der Waals surface area contributed by atoms with E-state index in [0.29, 0.717) is 6.04 Å². The van der Waals surface area contributed by atoms with Gasteiger partial charge in [-0.05, 0) is 31.5 Å². The van der Waals surface area contributed by atoms with Crippen LogP contribution in [0.15, 0.2) is 0 Å². The van der Waals surface area contributed by atoms with Crippen LogP contribution >= 0.6 is 12.2 Å². The first-order chi connectivity index (χ1) is 8.74. The van der Waals surface area contributed by atoms with E-state index in [-0.39, 0.29) is 0 Å². The molecule has 0 aliphatic heterocycles. The van der Waals surface area contributed by atoms with Gasteiger partial charge in [-0.25, -0.2) is 5.10 Å². The smallest absolute Gasteiger partial charge is 0.225 e. The molecule has 1 aliphatic rings. The lowest BCUT2D eigenvalue weighted by molar-refractivity contribution is 0.196. The van der Waals surface area contributed by atoms with Crippen LogP contribution in [0.5, 0.6) is 0 Å². The van der Waals surface area contributed by atoms with Crippen LogP contribution in [0.25, 0.3) is 0 Å². The van der Waals surface area contributed by atoms with Gasteiger partial charge in [-0.1, -0.05) is 12.8 Å².